The lowest BCUT2D eigenvalue weighted by Gasteiger charge is -2.31. The number of hydrogen-bond acceptors (Lipinski definition) is 4. The number of halogens is 1. The molecular formula is C13H20ClN3O2. The molecule has 0 saturated carbocycles. The molecule has 2 heterocycles. The number of piperidine rings is 1. The largest absolute Gasteiger partial charge is 0.398 e. The Kier molecular flexibility index (Phi) is 6.05. The van der Waals surface area contributed by atoms with E-state index in [1.165, 1.54) is 0 Å². The Labute approximate surface area is 119 Å². The van der Waals surface area contributed by atoms with Crippen LogP contribution >= 0.6 is 12.4 Å². The highest BCUT2D eigenvalue weighted by Crippen LogP contribution is 2.20. The molecule has 0 aliphatic carbocycles. The van der Waals surface area contributed by atoms with Crippen LogP contribution in [-0.4, -0.2) is 42.6 Å². The molecule has 0 spiro atoms. The van der Waals surface area contributed by atoms with E-state index in [2.05, 4.69) is 4.98 Å². The molecule has 1 aromatic heterocycles. The zero-order valence-electron chi connectivity index (χ0n) is 11.0. The topological polar surface area (TPSA) is 68.5 Å². The van der Waals surface area contributed by atoms with Crippen LogP contribution in [0.4, 0.5) is 5.69 Å². The maximum Gasteiger partial charge on any atom is 0.257 e. The van der Waals surface area contributed by atoms with E-state index >= 15 is 0 Å². The summed E-state index contributed by atoms with van der Waals surface area (Å²) in [5, 5.41) is 0. The number of carbonyl (C=O) groups excluding carboxylic acids is 1. The molecule has 0 bridgehead atoms. The minimum atomic E-state index is -0.0172. The van der Waals surface area contributed by atoms with E-state index in [-0.39, 0.29) is 18.3 Å². The molecule has 0 atom stereocenters. The molecule has 0 unspecified atom stereocenters. The van der Waals surface area contributed by atoms with Gasteiger partial charge in [-0.05, 0) is 24.8 Å². The number of amides is 1. The number of nitrogens with zero attached hydrogens (tertiary/aromatic N) is 2. The lowest BCUT2D eigenvalue weighted by atomic mass is 9.97. The van der Waals surface area contributed by atoms with Gasteiger partial charge in [-0.3, -0.25) is 9.78 Å². The summed E-state index contributed by atoms with van der Waals surface area (Å²) in [5.74, 6) is 0.543. The average molecular weight is 286 g/mol. The van der Waals surface area contributed by atoms with Crippen molar-refractivity contribution >= 4 is 24.0 Å². The summed E-state index contributed by atoms with van der Waals surface area (Å²) in [7, 11) is 1.72. The number of hydrogen-bond donors (Lipinski definition) is 1. The van der Waals surface area contributed by atoms with Gasteiger partial charge >= 0.3 is 0 Å². The van der Waals surface area contributed by atoms with Gasteiger partial charge < -0.3 is 15.4 Å². The number of methoxy groups -OCH3 is 1. The molecule has 1 aliphatic heterocycles. The number of nitrogens with two attached hydrogens (primary N) is 1. The summed E-state index contributed by atoms with van der Waals surface area (Å²) in [5.41, 5.74) is 6.79. The number of ether oxygens (including phenoxy) is 1. The number of anilines is 1. The van der Waals surface area contributed by atoms with E-state index in [9.17, 15) is 4.79 Å². The third-order valence-electron chi connectivity index (χ3n) is 3.39. The summed E-state index contributed by atoms with van der Waals surface area (Å²) in [4.78, 5) is 18.1. The third-order valence-corrected chi connectivity index (χ3v) is 3.39. The predicted octanol–water partition coefficient (Wildman–Crippen LogP) is 1.58. The van der Waals surface area contributed by atoms with Crippen LogP contribution in [0, 0.1) is 5.92 Å². The van der Waals surface area contributed by atoms with Gasteiger partial charge in [-0.15, -0.1) is 12.4 Å². The standard InChI is InChI=1S/C13H19N3O2.ClH/c1-18-9-10-3-6-16(7-4-10)13(17)11-8-15-5-2-12(11)14;/h2,5,8,10H,3-4,6-7,9H2,1H3,(H2,14,15);1H. The molecule has 1 amide bonds. The van der Waals surface area contributed by atoms with Crippen molar-refractivity contribution in [2.24, 2.45) is 5.92 Å². The van der Waals surface area contributed by atoms with E-state index in [1.807, 2.05) is 4.90 Å². The fraction of sp³-hybridized carbons (Fsp3) is 0.538. The van der Waals surface area contributed by atoms with Crippen molar-refractivity contribution in [1.29, 1.82) is 0 Å². The van der Waals surface area contributed by atoms with Gasteiger partial charge in [0.25, 0.3) is 5.91 Å². The van der Waals surface area contributed by atoms with Gasteiger partial charge in [-0.1, -0.05) is 0 Å². The minimum Gasteiger partial charge on any atom is -0.398 e. The molecule has 1 aromatic rings. The highest BCUT2D eigenvalue weighted by Gasteiger charge is 2.24. The predicted molar refractivity (Wildman–Crippen MR) is 76.4 cm³/mol. The molecule has 106 valence electrons. The van der Waals surface area contributed by atoms with Crippen LogP contribution in [-0.2, 0) is 4.74 Å². The Morgan fingerprint density at radius 1 is 1.53 bits per heavy atom. The van der Waals surface area contributed by atoms with Gasteiger partial charge in [0.05, 0.1) is 5.56 Å². The van der Waals surface area contributed by atoms with Crippen LogP contribution in [0.1, 0.15) is 23.2 Å². The summed E-state index contributed by atoms with van der Waals surface area (Å²) in [6, 6.07) is 1.66. The zero-order valence-corrected chi connectivity index (χ0v) is 11.9. The van der Waals surface area contributed by atoms with Crippen molar-refractivity contribution < 1.29 is 9.53 Å². The van der Waals surface area contributed by atoms with E-state index in [0.29, 0.717) is 17.2 Å². The molecule has 2 rings (SSSR count). The van der Waals surface area contributed by atoms with E-state index in [1.54, 1.807) is 25.6 Å². The molecule has 19 heavy (non-hydrogen) atoms. The maximum atomic E-state index is 12.3. The monoisotopic (exact) mass is 285 g/mol. The zero-order chi connectivity index (χ0) is 13.0. The highest BCUT2D eigenvalue weighted by atomic mass is 35.5. The normalized spacial score (nSPS) is 15.9. The van der Waals surface area contributed by atoms with Gasteiger partial charge in [-0.25, -0.2) is 0 Å². The molecule has 6 heteroatoms. The summed E-state index contributed by atoms with van der Waals surface area (Å²) >= 11 is 0. The average Bonchev–Trinajstić information content (AvgIpc) is 2.40. The molecule has 1 aliphatic rings. The van der Waals surface area contributed by atoms with E-state index in [0.717, 1.165) is 32.5 Å². The first kappa shape index (κ1) is 15.7. The lowest BCUT2D eigenvalue weighted by molar-refractivity contribution is 0.0614. The van der Waals surface area contributed by atoms with Crippen LogP contribution in [0.15, 0.2) is 18.5 Å². The Morgan fingerprint density at radius 3 is 2.79 bits per heavy atom. The van der Waals surface area contributed by atoms with Gasteiger partial charge in [-0.2, -0.15) is 0 Å². The van der Waals surface area contributed by atoms with Crippen molar-refractivity contribution in [3.8, 4) is 0 Å². The second kappa shape index (κ2) is 7.31. The molecule has 5 nitrogen and oxygen atoms in total. The molecular weight excluding hydrogens is 266 g/mol. The molecule has 0 radical (unpaired) electrons. The number of likely N-dealkylation sites (tertiary alicyclic amines) is 1. The summed E-state index contributed by atoms with van der Waals surface area (Å²) in [6.07, 6.45) is 5.11. The van der Waals surface area contributed by atoms with Crippen LogP contribution in [0.3, 0.4) is 0 Å². The quantitative estimate of drug-likeness (QED) is 0.916. The number of aromatic nitrogens is 1. The second-order valence-electron chi connectivity index (χ2n) is 4.65. The van der Waals surface area contributed by atoms with Crippen LogP contribution < -0.4 is 5.73 Å². The smallest absolute Gasteiger partial charge is 0.257 e. The first-order valence-electron chi connectivity index (χ1n) is 6.20. The number of carbonyl (C=O) groups is 1. The second-order valence-corrected chi connectivity index (χ2v) is 4.65. The highest BCUT2D eigenvalue weighted by molar-refractivity contribution is 5.98. The number of nitrogen functional groups attached to an aromatic ring is 1. The molecule has 0 aromatic carbocycles. The van der Waals surface area contributed by atoms with Crippen molar-refractivity contribution in [1.82, 2.24) is 9.88 Å². The van der Waals surface area contributed by atoms with Crippen molar-refractivity contribution in [2.75, 3.05) is 32.5 Å². The fourth-order valence-corrected chi connectivity index (χ4v) is 2.29. The Balaban J connectivity index is 0.00000180. The van der Waals surface area contributed by atoms with E-state index in [4.69, 9.17) is 10.5 Å². The first-order chi connectivity index (χ1) is 8.72. The Hall–Kier alpha value is -1.33. The van der Waals surface area contributed by atoms with Crippen LogP contribution in [0.25, 0.3) is 0 Å². The van der Waals surface area contributed by atoms with Crippen LogP contribution in [0.2, 0.25) is 0 Å². The summed E-state index contributed by atoms with van der Waals surface area (Å²) in [6.45, 7) is 2.31. The van der Waals surface area contributed by atoms with Crippen LogP contribution in [0.5, 0.6) is 0 Å². The van der Waals surface area contributed by atoms with Crippen molar-refractivity contribution in [2.45, 2.75) is 12.8 Å². The SMILES string of the molecule is COCC1CCN(C(=O)c2cnccc2N)CC1.Cl. The molecule has 1 fully saturated rings. The van der Waals surface area contributed by atoms with Gasteiger partial charge in [0.15, 0.2) is 0 Å². The number of rotatable bonds is 3. The lowest BCUT2D eigenvalue weighted by Crippen LogP contribution is -2.39. The fourth-order valence-electron chi connectivity index (χ4n) is 2.29. The van der Waals surface area contributed by atoms with Crippen molar-refractivity contribution in [3.05, 3.63) is 24.0 Å². The van der Waals surface area contributed by atoms with Crippen molar-refractivity contribution in [3.63, 3.8) is 0 Å². The number of pyridine rings is 1. The Morgan fingerprint density at radius 2 is 2.21 bits per heavy atom. The third kappa shape index (κ3) is 3.81. The minimum absolute atomic E-state index is 0. The molecule has 2 N–H and O–H groups in total. The van der Waals surface area contributed by atoms with E-state index < -0.39 is 0 Å². The molecule has 1 saturated heterocycles. The van der Waals surface area contributed by atoms with Gasteiger partial charge in [0.2, 0.25) is 0 Å². The summed E-state index contributed by atoms with van der Waals surface area (Å²) < 4.78 is 5.15. The van der Waals surface area contributed by atoms with Gasteiger partial charge in [0.1, 0.15) is 0 Å². The van der Waals surface area contributed by atoms with Gasteiger partial charge in [0, 0.05) is 44.9 Å². The Bertz CT molecular complexity index is 420. The maximum absolute atomic E-state index is 12.3. The first-order valence-corrected chi connectivity index (χ1v) is 6.20.